The van der Waals surface area contributed by atoms with E-state index in [4.69, 9.17) is 4.42 Å². The molecule has 0 saturated carbocycles. The van der Waals surface area contributed by atoms with Crippen molar-refractivity contribution in [2.24, 2.45) is 0 Å². The normalized spacial score (nSPS) is 12.5. The first-order valence-electron chi connectivity index (χ1n) is 6.41. The third-order valence-electron chi connectivity index (χ3n) is 3.12. The molecule has 0 amide bonds. The average Bonchev–Trinajstić information content (AvgIpc) is 2.82. The maximum atomic E-state index is 5.84. The van der Waals surface area contributed by atoms with E-state index in [1.165, 1.54) is 0 Å². The molecule has 3 aromatic rings. The molecule has 2 heterocycles. The number of aromatic nitrogens is 1. The van der Waals surface area contributed by atoms with Gasteiger partial charge in [-0.3, -0.25) is 0 Å². The van der Waals surface area contributed by atoms with Crippen LogP contribution in [0.2, 0.25) is 0 Å². The molecule has 3 rings (SSSR count). The molecule has 0 spiro atoms. The Morgan fingerprint density at radius 3 is 2.74 bits per heavy atom. The predicted octanol–water partition coefficient (Wildman–Crippen LogP) is 4.31. The number of hydrogen-bond donors (Lipinski definition) is 1. The summed E-state index contributed by atoms with van der Waals surface area (Å²) in [5, 5.41) is 4.48. The number of anilines is 1. The average molecular weight is 252 g/mol. The smallest absolute Gasteiger partial charge is 0.134 e. The van der Waals surface area contributed by atoms with Crippen LogP contribution in [0.4, 0.5) is 5.82 Å². The lowest BCUT2D eigenvalue weighted by Crippen LogP contribution is -2.07. The molecule has 0 aliphatic rings. The van der Waals surface area contributed by atoms with Crippen LogP contribution in [0.15, 0.2) is 52.9 Å². The summed E-state index contributed by atoms with van der Waals surface area (Å²) < 4.78 is 5.84. The van der Waals surface area contributed by atoms with Gasteiger partial charge < -0.3 is 9.73 Å². The molecule has 1 aromatic carbocycles. The fourth-order valence-electron chi connectivity index (χ4n) is 2.13. The SMILES string of the molecule is Cc1cccc(NC(C)c2cc3ccccc3o2)n1. The zero-order valence-corrected chi connectivity index (χ0v) is 11.1. The Hall–Kier alpha value is -2.29. The molecule has 0 fully saturated rings. The van der Waals surface area contributed by atoms with Crippen molar-refractivity contribution >= 4 is 16.8 Å². The van der Waals surface area contributed by atoms with Crippen molar-refractivity contribution in [2.75, 3.05) is 5.32 Å². The number of hydrogen-bond acceptors (Lipinski definition) is 3. The van der Waals surface area contributed by atoms with Crippen LogP contribution in [0.5, 0.6) is 0 Å². The minimum absolute atomic E-state index is 0.0849. The fourth-order valence-corrected chi connectivity index (χ4v) is 2.13. The number of nitrogens with one attached hydrogen (secondary N) is 1. The molecule has 3 heteroatoms. The summed E-state index contributed by atoms with van der Waals surface area (Å²) >= 11 is 0. The highest BCUT2D eigenvalue weighted by Gasteiger charge is 2.11. The molecule has 1 atom stereocenters. The maximum absolute atomic E-state index is 5.84. The fraction of sp³-hybridized carbons (Fsp3) is 0.188. The molecule has 0 saturated heterocycles. The predicted molar refractivity (Wildman–Crippen MR) is 77.2 cm³/mol. The van der Waals surface area contributed by atoms with Crippen LogP contribution in [-0.4, -0.2) is 4.98 Å². The van der Waals surface area contributed by atoms with Gasteiger partial charge >= 0.3 is 0 Å². The monoisotopic (exact) mass is 252 g/mol. The van der Waals surface area contributed by atoms with E-state index in [0.717, 1.165) is 28.2 Å². The zero-order chi connectivity index (χ0) is 13.2. The standard InChI is InChI=1S/C16H16N2O/c1-11-6-5-9-16(17-11)18-12(2)15-10-13-7-3-4-8-14(13)19-15/h3-10,12H,1-2H3,(H,17,18). The molecular weight excluding hydrogens is 236 g/mol. The van der Waals surface area contributed by atoms with Gasteiger partial charge in [-0.25, -0.2) is 4.98 Å². The van der Waals surface area contributed by atoms with E-state index in [2.05, 4.69) is 29.4 Å². The van der Waals surface area contributed by atoms with Crippen molar-refractivity contribution in [3.05, 3.63) is 60.0 Å². The van der Waals surface area contributed by atoms with Crippen molar-refractivity contribution in [3.63, 3.8) is 0 Å². The summed E-state index contributed by atoms with van der Waals surface area (Å²) in [6.07, 6.45) is 0. The van der Waals surface area contributed by atoms with Crippen LogP contribution in [0, 0.1) is 6.92 Å². The van der Waals surface area contributed by atoms with Crippen LogP contribution in [0.25, 0.3) is 11.0 Å². The summed E-state index contributed by atoms with van der Waals surface area (Å²) in [7, 11) is 0. The number of aryl methyl sites for hydroxylation is 1. The highest BCUT2D eigenvalue weighted by Crippen LogP contribution is 2.25. The highest BCUT2D eigenvalue weighted by atomic mass is 16.3. The van der Waals surface area contributed by atoms with Gasteiger partial charge in [-0.15, -0.1) is 0 Å². The van der Waals surface area contributed by atoms with Crippen LogP contribution < -0.4 is 5.32 Å². The minimum atomic E-state index is 0.0849. The molecule has 1 unspecified atom stereocenters. The van der Waals surface area contributed by atoms with Crippen LogP contribution in [0.1, 0.15) is 24.4 Å². The minimum Gasteiger partial charge on any atom is -0.459 e. The molecule has 2 aromatic heterocycles. The third-order valence-corrected chi connectivity index (χ3v) is 3.12. The Morgan fingerprint density at radius 1 is 1.11 bits per heavy atom. The Balaban J connectivity index is 1.85. The largest absolute Gasteiger partial charge is 0.459 e. The van der Waals surface area contributed by atoms with Crippen molar-refractivity contribution in [2.45, 2.75) is 19.9 Å². The first-order chi connectivity index (χ1) is 9.22. The van der Waals surface area contributed by atoms with E-state index < -0.39 is 0 Å². The lowest BCUT2D eigenvalue weighted by molar-refractivity contribution is 0.525. The zero-order valence-electron chi connectivity index (χ0n) is 11.1. The van der Waals surface area contributed by atoms with Crippen molar-refractivity contribution in [1.29, 1.82) is 0 Å². The van der Waals surface area contributed by atoms with Crippen LogP contribution in [-0.2, 0) is 0 Å². The second-order valence-electron chi connectivity index (χ2n) is 4.72. The van der Waals surface area contributed by atoms with Crippen molar-refractivity contribution in [3.8, 4) is 0 Å². The highest BCUT2D eigenvalue weighted by molar-refractivity contribution is 5.77. The molecule has 3 nitrogen and oxygen atoms in total. The number of pyridine rings is 1. The summed E-state index contributed by atoms with van der Waals surface area (Å²) in [6, 6.07) is 16.1. The van der Waals surface area contributed by atoms with Gasteiger partial charge in [-0.05, 0) is 38.1 Å². The van der Waals surface area contributed by atoms with Crippen LogP contribution in [0.3, 0.4) is 0 Å². The Bertz CT molecular complexity index is 670. The second kappa shape index (κ2) is 4.76. The van der Waals surface area contributed by atoms with Gasteiger partial charge in [-0.2, -0.15) is 0 Å². The van der Waals surface area contributed by atoms with E-state index in [1.807, 2.05) is 43.3 Å². The van der Waals surface area contributed by atoms with E-state index >= 15 is 0 Å². The molecule has 0 aliphatic heterocycles. The summed E-state index contributed by atoms with van der Waals surface area (Å²) in [6.45, 7) is 4.05. The summed E-state index contributed by atoms with van der Waals surface area (Å²) in [4.78, 5) is 4.44. The Labute approximate surface area is 112 Å². The van der Waals surface area contributed by atoms with Gasteiger partial charge in [0.05, 0.1) is 6.04 Å². The van der Waals surface area contributed by atoms with Crippen molar-refractivity contribution < 1.29 is 4.42 Å². The molecule has 96 valence electrons. The number of para-hydroxylation sites is 1. The lowest BCUT2D eigenvalue weighted by atomic mass is 10.2. The number of fused-ring (bicyclic) bond motifs is 1. The van der Waals surface area contributed by atoms with E-state index in [0.29, 0.717) is 0 Å². The third kappa shape index (κ3) is 2.45. The van der Waals surface area contributed by atoms with E-state index in [1.54, 1.807) is 0 Å². The maximum Gasteiger partial charge on any atom is 0.134 e. The van der Waals surface area contributed by atoms with Crippen molar-refractivity contribution in [1.82, 2.24) is 4.98 Å². The second-order valence-corrected chi connectivity index (χ2v) is 4.72. The topological polar surface area (TPSA) is 38.1 Å². The lowest BCUT2D eigenvalue weighted by Gasteiger charge is -2.12. The number of rotatable bonds is 3. The summed E-state index contributed by atoms with van der Waals surface area (Å²) in [5.41, 5.74) is 1.92. The molecule has 19 heavy (non-hydrogen) atoms. The molecule has 0 aliphatic carbocycles. The van der Waals surface area contributed by atoms with Gasteiger partial charge in [0.1, 0.15) is 17.2 Å². The quantitative estimate of drug-likeness (QED) is 0.754. The van der Waals surface area contributed by atoms with Gasteiger partial charge in [0.2, 0.25) is 0 Å². The number of benzene rings is 1. The van der Waals surface area contributed by atoms with E-state index in [9.17, 15) is 0 Å². The number of nitrogens with zero attached hydrogens (tertiary/aromatic N) is 1. The molecule has 0 bridgehead atoms. The van der Waals surface area contributed by atoms with Gasteiger partial charge in [0.15, 0.2) is 0 Å². The summed E-state index contributed by atoms with van der Waals surface area (Å²) in [5.74, 6) is 1.79. The van der Waals surface area contributed by atoms with E-state index in [-0.39, 0.29) is 6.04 Å². The first-order valence-corrected chi connectivity index (χ1v) is 6.41. The van der Waals surface area contributed by atoms with Crippen LogP contribution >= 0.6 is 0 Å². The Kier molecular flexibility index (Phi) is 2.95. The molecule has 1 N–H and O–H groups in total. The Morgan fingerprint density at radius 2 is 1.95 bits per heavy atom. The number of furan rings is 1. The van der Waals surface area contributed by atoms with Gasteiger partial charge in [-0.1, -0.05) is 24.3 Å². The molecule has 0 radical (unpaired) electrons. The molecular formula is C16H16N2O. The first kappa shape index (κ1) is 11.8. The van der Waals surface area contributed by atoms with Gasteiger partial charge in [0, 0.05) is 11.1 Å². The van der Waals surface area contributed by atoms with Gasteiger partial charge in [0.25, 0.3) is 0 Å².